The van der Waals surface area contributed by atoms with Crippen LogP contribution in [0.25, 0.3) is 0 Å². The van der Waals surface area contributed by atoms with E-state index in [1.807, 2.05) is 29.6 Å². The van der Waals surface area contributed by atoms with Gasteiger partial charge in [-0.3, -0.25) is 4.79 Å². The summed E-state index contributed by atoms with van der Waals surface area (Å²) in [6.07, 6.45) is 1.73. The number of anilines is 1. The highest BCUT2D eigenvalue weighted by atomic mass is 32.2. The normalized spacial score (nSPS) is 10.4. The molecule has 3 rings (SSSR count). The van der Waals surface area contributed by atoms with E-state index in [2.05, 4.69) is 41.5 Å². The number of nitrogens with one attached hydrogen (secondary N) is 1. The summed E-state index contributed by atoms with van der Waals surface area (Å²) in [5.41, 5.74) is 1.95. The first kappa shape index (κ1) is 14.8. The zero-order valence-electron chi connectivity index (χ0n) is 11.9. The van der Waals surface area contributed by atoms with E-state index in [1.165, 1.54) is 28.7 Å². The van der Waals surface area contributed by atoms with Gasteiger partial charge in [0, 0.05) is 11.1 Å². The number of carbonyl (C=O) groups excluding carboxylic acids is 1. The molecule has 22 heavy (non-hydrogen) atoms. The lowest BCUT2D eigenvalue weighted by atomic mass is 10.2. The van der Waals surface area contributed by atoms with Gasteiger partial charge in [0.05, 0.1) is 10.6 Å². The number of benzene rings is 1. The summed E-state index contributed by atoms with van der Waals surface area (Å²) in [5.74, 6) is -0.103. The number of rotatable bonds is 4. The fourth-order valence-electron chi connectivity index (χ4n) is 1.88. The average Bonchev–Trinajstić information content (AvgIpc) is 3.06. The molecule has 3 nitrogen and oxygen atoms in total. The molecule has 0 saturated heterocycles. The van der Waals surface area contributed by atoms with Crippen LogP contribution in [0.1, 0.15) is 15.2 Å². The minimum Gasteiger partial charge on any atom is -0.319 e. The van der Waals surface area contributed by atoms with E-state index < -0.39 is 0 Å². The number of amides is 1. The Morgan fingerprint density at radius 3 is 2.68 bits per heavy atom. The minimum absolute atomic E-state index is 0.103. The standard InChI is InChI=1S/C17H14N2OS2/c1-12-6-8-13(9-7-12)22-17-14(4-2-10-18-17)19-16(20)15-5-3-11-21-15/h2-11H,1H3,(H,19,20). The Kier molecular flexibility index (Phi) is 4.56. The number of hydrogen-bond donors (Lipinski definition) is 1. The lowest BCUT2D eigenvalue weighted by Gasteiger charge is -2.09. The molecule has 0 atom stereocenters. The SMILES string of the molecule is Cc1ccc(Sc2ncccc2NC(=O)c2cccs2)cc1. The summed E-state index contributed by atoms with van der Waals surface area (Å²) in [4.78, 5) is 18.4. The van der Waals surface area contributed by atoms with Crippen LogP contribution in [-0.4, -0.2) is 10.9 Å². The van der Waals surface area contributed by atoms with Crippen molar-refractivity contribution in [3.8, 4) is 0 Å². The number of nitrogens with zero attached hydrogens (tertiary/aromatic N) is 1. The summed E-state index contributed by atoms with van der Waals surface area (Å²) in [6, 6.07) is 15.6. The summed E-state index contributed by atoms with van der Waals surface area (Å²) >= 11 is 2.96. The van der Waals surface area contributed by atoms with Crippen LogP contribution >= 0.6 is 23.1 Å². The molecule has 0 unspecified atom stereocenters. The van der Waals surface area contributed by atoms with Gasteiger partial charge in [-0.25, -0.2) is 4.98 Å². The molecular formula is C17H14N2OS2. The van der Waals surface area contributed by atoms with Crippen LogP contribution < -0.4 is 5.32 Å². The van der Waals surface area contributed by atoms with Crippen molar-refractivity contribution in [2.24, 2.45) is 0 Å². The Labute approximate surface area is 137 Å². The van der Waals surface area contributed by atoms with Crippen LogP contribution in [0.3, 0.4) is 0 Å². The van der Waals surface area contributed by atoms with E-state index in [0.717, 1.165) is 15.6 Å². The topological polar surface area (TPSA) is 42.0 Å². The van der Waals surface area contributed by atoms with Gasteiger partial charge in [0.2, 0.25) is 0 Å². The van der Waals surface area contributed by atoms with Crippen LogP contribution in [0.15, 0.2) is 70.0 Å². The van der Waals surface area contributed by atoms with Gasteiger partial charge >= 0.3 is 0 Å². The van der Waals surface area contributed by atoms with Gasteiger partial charge < -0.3 is 5.32 Å². The first-order valence-corrected chi connectivity index (χ1v) is 8.46. The highest BCUT2D eigenvalue weighted by molar-refractivity contribution is 7.99. The second kappa shape index (κ2) is 6.77. The number of hydrogen-bond acceptors (Lipinski definition) is 4. The van der Waals surface area contributed by atoms with E-state index in [-0.39, 0.29) is 5.91 Å². The number of aromatic nitrogens is 1. The molecule has 0 radical (unpaired) electrons. The van der Waals surface area contributed by atoms with Crippen molar-refractivity contribution >= 4 is 34.7 Å². The van der Waals surface area contributed by atoms with Crippen molar-refractivity contribution in [2.45, 2.75) is 16.8 Å². The molecule has 2 heterocycles. The maximum absolute atomic E-state index is 12.2. The molecule has 1 aromatic carbocycles. The van der Waals surface area contributed by atoms with Crippen LogP contribution in [-0.2, 0) is 0 Å². The molecule has 0 aliphatic rings. The molecule has 2 aromatic heterocycles. The number of pyridine rings is 1. The van der Waals surface area contributed by atoms with Gasteiger partial charge in [0.15, 0.2) is 0 Å². The van der Waals surface area contributed by atoms with Crippen LogP contribution in [0.2, 0.25) is 0 Å². The third-order valence-electron chi connectivity index (χ3n) is 3.00. The Morgan fingerprint density at radius 1 is 1.14 bits per heavy atom. The number of thiophene rings is 1. The second-order valence-electron chi connectivity index (χ2n) is 4.70. The molecule has 3 aromatic rings. The van der Waals surface area contributed by atoms with Crippen LogP contribution in [0, 0.1) is 6.92 Å². The van der Waals surface area contributed by atoms with Crippen molar-refractivity contribution in [3.63, 3.8) is 0 Å². The lowest BCUT2D eigenvalue weighted by molar-refractivity contribution is 0.103. The first-order chi connectivity index (χ1) is 10.7. The highest BCUT2D eigenvalue weighted by Gasteiger charge is 2.11. The van der Waals surface area contributed by atoms with Crippen molar-refractivity contribution in [1.82, 2.24) is 4.98 Å². The Hall–Kier alpha value is -2.11. The van der Waals surface area contributed by atoms with E-state index >= 15 is 0 Å². The predicted octanol–water partition coefficient (Wildman–Crippen LogP) is 4.86. The summed E-state index contributed by atoms with van der Waals surface area (Å²) in [6.45, 7) is 2.06. The Morgan fingerprint density at radius 2 is 1.95 bits per heavy atom. The lowest BCUT2D eigenvalue weighted by Crippen LogP contribution is -2.11. The van der Waals surface area contributed by atoms with E-state index in [9.17, 15) is 4.79 Å². The van der Waals surface area contributed by atoms with Gasteiger partial charge in [-0.2, -0.15) is 0 Å². The zero-order chi connectivity index (χ0) is 15.4. The van der Waals surface area contributed by atoms with Gasteiger partial charge in [0.1, 0.15) is 5.03 Å². The molecule has 5 heteroatoms. The number of aryl methyl sites for hydroxylation is 1. The average molecular weight is 326 g/mol. The fraction of sp³-hybridized carbons (Fsp3) is 0.0588. The second-order valence-corrected chi connectivity index (χ2v) is 6.71. The van der Waals surface area contributed by atoms with E-state index in [0.29, 0.717) is 4.88 Å². The van der Waals surface area contributed by atoms with Gasteiger partial charge in [-0.1, -0.05) is 35.5 Å². The monoisotopic (exact) mass is 326 g/mol. The molecule has 0 aliphatic carbocycles. The maximum Gasteiger partial charge on any atom is 0.265 e. The first-order valence-electron chi connectivity index (χ1n) is 6.77. The predicted molar refractivity (Wildman–Crippen MR) is 91.8 cm³/mol. The molecule has 0 aliphatic heterocycles. The molecule has 110 valence electrons. The van der Waals surface area contributed by atoms with E-state index in [4.69, 9.17) is 0 Å². The quantitative estimate of drug-likeness (QED) is 0.745. The summed E-state index contributed by atoms with van der Waals surface area (Å²) in [5, 5.41) is 5.61. The highest BCUT2D eigenvalue weighted by Crippen LogP contribution is 2.31. The third-order valence-corrected chi connectivity index (χ3v) is 4.90. The van der Waals surface area contributed by atoms with E-state index in [1.54, 1.807) is 6.20 Å². The third kappa shape index (κ3) is 3.55. The van der Waals surface area contributed by atoms with Crippen molar-refractivity contribution in [3.05, 3.63) is 70.5 Å². The molecule has 0 bridgehead atoms. The molecule has 0 saturated carbocycles. The molecule has 0 spiro atoms. The van der Waals surface area contributed by atoms with Crippen molar-refractivity contribution in [2.75, 3.05) is 5.32 Å². The largest absolute Gasteiger partial charge is 0.319 e. The maximum atomic E-state index is 12.2. The molecule has 1 amide bonds. The Bertz CT molecular complexity index is 768. The molecule has 1 N–H and O–H groups in total. The van der Waals surface area contributed by atoms with Gasteiger partial charge in [-0.05, 0) is 42.6 Å². The van der Waals surface area contributed by atoms with Crippen molar-refractivity contribution in [1.29, 1.82) is 0 Å². The van der Waals surface area contributed by atoms with Crippen LogP contribution in [0.5, 0.6) is 0 Å². The van der Waals surface area contributed by atoms with Gasteiger partial charge in [-0.15, -0.1) is 11.3 Å². The molecular weight excluding hydrogens is 312 g/mol. The summed E-state index contributed by atoms with van der Waals surface area (Å²) in [7, 11) is 0. The fourth-order valence-corrected chi connectivity index (χ4v) is 3.33. The van der Waals surface area contributed by atoms with Crippen LogP contribution in [0.4, 0.5) is 5.69 Å². The summed E-state index contributed by atoms with van der Waals surface area (Å²) < 4.78 is 0. The van der Waals surface area contributed by atoms with Gasteiger partial charge in [0.25, 0.3) is 5.91 Å². The Balaban J connectivity index is 1.80. The minimum atomic E-state index is -0.103. The number of carbonyl (C=O) groups is 1. The molecule has 0 fully saturated rings. The smallest absolute Gasteiger partial charge is 0.265 e. The van der Waals surface area contributed by atoms with Crippen molar-refractivity contribution < 1.29 is 4.79 Å². The zero-order valence-corrected chi connectivity index (χ0v) is 13.6.